The summed E-state index contributed by atoms with van der Waals surface area (Å²) in [6, 6.07) is 9.64. The Morgan fingerprint density at radius 1 is 0.967 bits per heavy atom. The second-order valence-electron chi connectivity index (χ2n) is 8.29. The molecule has 1 rings (SSSR count). The molecule has 1 aromatic rings. The van der Waals surface area contributed by atoms with E-state index < -0.39 is 0 Å². The van der Waals surface area contributed by atoms with Crippen molar-refractivity contribution in [1.82, 2.24) is 0 Å². The van der Waals surface area contributed by atoms with Crippen molar-refractivity contribution in [2.24, 2.45) is 5.11 Å². The van der Waals surface area contributed by atoms with Crippen LogP contribution >= 0.6 is 0 Å². The Hall–Kier alpha value is -1.84. The van der Waals surface area contributed by atoms with Crippen molar-refractivity contribution in [3.63, 3.8) is 0 Å². The number of azide groups is 1. The fourth-order valence-electron chi connectivity index (χ4n) is 3.63. The van der Waals surface area contributed by atoms with E-state index in [1.165, 1.54) is 51.4 Å². The van der Waals surface area contributed by atoms with Crippen LogP contribution in [0.5, 0.6) is 0 Å². The van der Waals surface area contributed by atoms with Gasteiger partial charge in [0.2, 0.25) is 0 Å². The first kappa shape index (κ1) is 26.2. The molecule has 30 heavy (non-hydrogen) atoms. The van der Waals surface area contributed by atoms with Crippen LogP contribution < -0.4 is 0 Å². The Kier molecular flexibility index (Phi) is 15.7. The van der Waals surface area contributed by atoms with Crippen LogP contribution in [0.1, 0.15) is 103 Å². The summed E-state index contributed by atoms with van der Waals surface area (Å²) in [6.45, 7) is 4.56. The van der Waals surface area contributed by atoms with E-state index in [1.807, 2.05) is 37.3 Å². The van der Waals surface area contributed by atoms with Gasteiger partial charge in [0.1, 0.15) is 5.78 Å². The number of ether oxygens (including phenoxy) is 1. The third-order valence-corrected chi connectivity index (χ3v) is 5.60. The molecule has 5 heteroatoms. The zero-order valence-corrected chi connectivity index (χ0v) is 19.1. The average Bonchev–Trinajstić information content (AvgIpc) is 2.76. The lowest BCUT2D eigenvalue weighted by Crippen LogP contribution is -2.25. The molecule has 0 saturated heterocycles. The number of ketones is 1. The standard InChI is InChI=1S/C25H41N3O2/c1-3-4-5-6-7-8-9-10-11-15-18-24(29)19-20-25(22(2)27-28-26)30-21-23-16-13-12-14-17-23/h12-14,16-17,22,25H,3-11,15,18-21H2,1-2H3/t22-,25-/m0/s1. The highest BCUT2D eigenvalue weighted by molar-refractivity contribution is 5.78. The molecule has 1 aromatic carbocycles. The minimum absolute atomic E-state index is 0.238. The van der Waals surface area contributed by atoms with Crippen LogP contribution in [0, 0.1) is 0 Å². The van der Waals surface area contributed by atoms with Crippen molar-refractivity contribution in [1.29, 1.82) is 0 Å². The first-order chi connectivity index (χ1) is 14.7. The van der Waals surface area contributed by atoms with Gasteiger partial charge >= 0.3 is 0 Å². The Morgan fingerprint density at radius 3 is 2.17 bits per heavy atom. The Bertz CT molecular complexity index is 600. The smallest absolute Gasteiger partial charge is 0.133 e. The summed E-state index contributed by atoms with van der Waals surface area (Å²) >= 11 is 0. The second-order valence-corrected chi connectivity index (χ2v) is 8.29. The highest BCUT2D eigenvalue weighted by Gasteiger charge is 2.18. The third-order valence-electron chi connectivity index (χ3n) is 5.60. The molecule has 0 aliphatic heterocycles. The molecule has 0 aliphatic carbocycles. The second kappa shape index (κ2) is 18.0. The van der Waals surface area contributed by atoms with Gasteiger partial charge in [0, 0.05) is 17.8 Å². The Morgan fingerprint density at radius 2 is 1.57 bits per heavy atom. The van der Waals surface area contributed by atoms with E-state index in [0.29, 0.717) is 25.9 Å². The lowest BCUT2D eigenvalue weighted by molar-refractivity contribution is -0.120. The van der Waals surface area contributed by atoms with Gasteiger partial charge in [-0.2, -0.15) is 0 Å². The quantitative estimate of drug-likeness (QED) is 0.0995. The lowest BCUT2D eigenvalue weighted by Gasteiger charge is -2.21. The van der Waals surface area contributed by atoms with Crippen molar-refractivity contribution in [2.45, 2.75) is 116 Å². The van der Waals surface area contributed by atoms with Crippen molar-refractivity contribution in [3.05, 3.63) is 46.3 Å². The molecule has 0 aliphatic rings. The highest BCUT2D eigenvalue weighted by Crippen LogP contribution is 2.16. The molecule has 0 aromatic heterocycles. The Labute approximate surface area is 183 Å². The number of hydrogen-bond acceptors (Lipinski definition) is 3. The first-order valence-corrected chi connectivity index (χ1v) is 11.9. The van der Waals surface area contributed by atoms with Crippen molar-refractivity contribution in [2.75, 3.05) is 0 Å². The molecule has 0 radical (unpaired) electrons. The van der Waals surface area contributed by atoms with Gasteiger partial charge in [-0.25, -0.2) is 0 Å². The number of carbonyl (C=O) groups is 1. The molecule has 168 valence electrons. The maximum absolute atomic E-state index is 12.3. The van der Waals surface area contributed by atoms with E-state index >= 15 is 0 Å². The van der Waals surface area contributed by atoms with Crippen LogP contribution in [0.25, 0.3) is 10.4 Å². The molecule has 0 unspecified atom stereocenters. The summed E-state index contributed by atoms with van der Waals surface area (Å²) in [5, 5.41) is 3.79. The summed E-state index contributed by atoms with van der Waals surface area (Å²) < 4.78 is 5.98. The predicted molar refractivity (Wildman–Crippen MR) is 124 cm³/mol. The van der Waals surface area contributed by atoms with Gasteiger partial charge in [-0.1, -0.05) is 107 Å². The normalized spacial score (nSPS) is 12.9. The average molecular weight is 416 g/mol. The van der Waals surface area contributed by atoms with Crippen LogP contribution in [0.4, 0.5) is 0 Å². The molecular formula is C25H41N3O2. The number of Topliss-reactive ketones (excluding diaryl/α,β-unsaturated/α-hetero) is 1. The third kappa shape index (κ3) is 13.4. The van der Waals surface area contributed by atoms with Crippen LogP contribution in [0.3, 0.4) is 0 Å². The number of nitrogens with zero attached hydrogens (tertiary/aromatic N) is 3. The molecule has 0 amide bonds. The maximum atomic E-state index is 12.3. The van der Waals surface area contributed by atoms with Crippen LogP contribution in [-0.2, 0) is 16.1 Å². The van der Waals surface area contributed by atoms with Crippen LogP contribution in [0.2, 0.25) is 0 Å². The monoisotopic (exact) mass is 415 g/mol. The van der Waals surface area contributed by atoms with Crippen LogP contribution in [0.15, 0.2) is 35.4 Å². The molecule has 0 fully saturated rings. The van der Waals surface area contributed by atoms with Gasteiger partial charge < -0.3 is 4.74 Å². The van der Waals surface area contributed by atoms with E-state index in [1.54, 1.807) is 0 Å². The molecular weight excluding hydrogens is 374 g/mol. The van der Waals surface area contributed by atoms with Gasteiger partial charge in [0.25, 0.3) is 0 Å². The van der Waals surface area contributed by atoms with Gasteiger partial charge in [-0.05, 0) is 23.9 Å². The first-order valence-electron chi connectivity index (χ1n) is 11.9. The van der Waals surface area contributed by atoms with Gasteiger partial charge in [0.15, 0.2) is 0 Å². The number of rotatable bonds is 19. The lowest BCUT2D eigenvalue weighted by atomic mass is 10.0. The number of unbranched alkanes of at least 4 members (excludes halogenated alkanes) is 9. The maximum Gasteiger partial charge on any atom is 0.133 e. The molecule has 0 bridgehead atoms. The van der Waals surface area contributed by atoms with Crippen molar-refractivity contribution in [3.8, 4) is 0 Å². The summed E-state index contributed by atoms with van der Waals surface area (Å²) in [7, 11) is 0. The SMILES string of the molecule is CCCCCCCCCCCCC(=O)CC[C@H](OCc1ccccc1)[C@H](C)N=[N+]=[N-]. The van der Waals surface area contributed by atoms with Crippen molar-refractivity contribution < 1.29 is 9.53 Å². The van der Waals surface area contributed by atoms with E-state index in [-0.39, 0.29) is 17.9 Å². The van der Waals surface area contributed by atoms with Crippen LogP contribution in [-0.4, -0.2) is 17.9 Å². The van der Waals surface area contributed by atoms with Gasteiger partial charge in [0.05, 0.1) is 18.8 Å². The molecule has 0 saturated carbocycles. The van der Waals surface area contributed by atoms with Gasteiger partial charge in [-0.15, -0.1) is 0 Å². The molecule has 0 spiro atoms. The molecule has 0 heterocycles. The summed E-state index contributed by atoms with van der Waals surface area (Å²) in [5.41, 5.74) is 9.82. The largest absolute Gasteiger partial charge is 0.373 e. The summed E-state index contributed by atoms with van der Waals surface area (Å²) in [5.74, 6) is 0.288. The van der Waals surface area contributed by atoms with Crippen molar-refractivity contribution >= 4 is 5.78 Å². The minimum Gasteiger partial charge on any atom is -0.373 e. The number of benzene rings is 1. The molecule has 2 atom stereocenters. The zero-order chi connectivity index (χ0) is 21.9. The fraction of sp³-hybridized carbons (Fsp3) is 0.720. The van der Waals surface area contributed by atoms with E-state index in [2.05, 4.69) is 16.9 Å². The number of carbonyl (C=O) groups excluding carboxylic acids is 1. The zero-order valence-electron chi connectivity index (χ0n) is 19.1. The minimum atomic E-state index is -0.288. The molecule has 0 N–H and O–H groups in total. The van der Waals surface area contributed by atoms with E-state index in [0.717, 1.165) is 18.4 Å². The highest BCUT2D eigenvalue weighted by atomic mass is 16.5. The number of hydrogen-bond donors (Lipinski definition) is 0. The topological polar surface area (TPSA) is 75.1 Å². The van der Waals surface area contributed by atoms with E-state index in [9.17, 15) is 4.79 Å². The predicted octanol–water partition coefficient (Wildman–Crippen LogP) is 7.93. The summed E-state index contributed by atoms with van der Waals surface area (Å²) in [6.07, 6.45) is 14.2. The molecule has 5 nitrogen and oxygen atoms in total. The fourth-order valence-corrected chi connectivity index (χ4v) is 3.63. The summed E-state index contributed by atoms with van der Waals surface area (Å²) in [4.78, 5) is 15.2. The Balaban J connectivity index is 2.19. The van der Waals surface area contributed by atoms with E-state index in [4.69, 9.17) is 10.3 Å². The van der Waals surface area contributed by atoms with Gasteiger partial charge in [-0.3, -0.25) is 4.79 Å².